The number of hydrogen-bond acceptors (Lipinski definition) is 3. The van der Waals surface area contributed by atoms with Gasteiger partial charge in [-0.1, -0.05) is 18.2 Å². The summed E-state index contributed by atoms with van der Waals surface area (Å²) in [5.74, 6) is 0.913. The zero-order chi connectivity index (χ0) is 14.0. The van der Waals surface area contributed by atoms with E-state index in [0.29, 0.717) is 6.54 Å². The van der Waals surface area contributed by atoms with Crippen LogP contribution in [0.25, 0.3) is 0 Å². The maximum absolute atomic E-state index is 11.8. The molecule has 0 bridgehead atoms. The fraction of sp³-hybridized carbons (Fsp3) is 0.533. The highest BCUT2D eigenvalue weighted by atomic mass is 16.5. The lowest BCUT2D eigenvalue weighted by Gasteiger charge is -2.29. The molecule has 104 valence electrons. The third-order valence-electron chi connectivity index (χ3n) is 3.46. The maximum Gasteiger partial charge on any atom is 0.236 e. The van der Waals surface area contributed by atoms with Crippen LogP contribution < -0.4 is 15.4 Å². The first-order valence-electron chi connectivity index (χ1n) is 6.77. The number of ether oxygens (including phenoxy) is 1. The number of rotatable bonds is 4. The van der Waals surface area contributed by atoms with Gasteiger partial charge in [-0.25, -0.2) is 0 Å². The van der Waals surface area contributed by atoms with E-state index in [9.17, 15) is 4.79 Å². The van der Waals surface area contributed by atoms with Gasteiger partial charge in [0.1, 0.15) is 11.4 Å². The van der Waals surface area contributed by atoms with Gasteiger partial charge in [-0.15, -0.1) is 0 Å². The molecule has 0 radical (unpaired) electrons. The lowest BCUT2D eigenvalue weighted by Crippen LogP contribution is -2.48. The zero-order valence-electron chi connectivity index (χ0n) is 12.0. The SMILES string of the molecule is CCNC(=O)C(C)NC1c2ccccc2OC1(C)C. The van der Waals surface area contributed by atoms with Gasteiger partial charge >= 0.3 is 0 Å². The van der Waals surface area contributed by atoms with E-state index in [1.807, 2.05) is 52.0 Å². The van der Waals surface area contributed by atoms with Gasteiger partial charge in [0.15, 0.2) is 0 Å². The van der Waals surface area contributed by atoms with Crippen molar-refractivity contribution in [3.63, 3.8) is 0 Å². The molecule has 1 aliphatic rings. The van der Waals surface area contributed by atoms with Crippen LogP contribution in [-0.2, 0) is 4.79 Å². The predicted octanol–water partition coefficient (Wildman–Crippen LogP) is 2.01. The molecule has 0 aliphatic carbocycles. The second kappa shape index (κ2) is 5.21. The highest BCUT2D eigenvalue weighted by Gasteiger charge is 2.41. The molecule has 0 fully saturated rings. The standard InChI is InChI=1S/C15H22N2O2/c1-5-16-14(18)10(2)17-13-11-8-6-7-9-12(11)19-15(13,3)4/h6-10,13,17H,5H2,1-4H3,(H,16,18). The quantitative estimate of drug-likeness (QED) is 0.872. The van der Waals surface area contributed by atoms with Crippen molar-refractivity contribution in [2.75, 3.05) is 6.54 Å². The molecule has 2 rings (SSSR count). The van der Waals surface area contributed by atoms with E-state index >= 15 is 0 Å². The smallest absolute Gasteiger partial charge is 0.236 e. The number of carbonyl (C=O) groups excluding carboxylic acids is 1. The normalized spacial score (nSPS) is 21.4. The van der Waals surface area contributed by atoms with E-state index in [-0.39, 0.29) is 23.6 Å². The summed E-state index contributed by atoms with van der Waals surface area (Å²) in [6, 6.07) is 7.74. The van der Waals surface area contributed by atoms with Gasteiger partial charge in [-0.05, 0) is 33.8 Å². The summed E-state index contributed by atoms with van der Waals surface area (Å²) < 4.78 is 5.95. The van der Waals surface area contributed by atoms with E-state index in [2.05, 4.69) is 10.6 Å². The molecule has 2 unspecified atom stereocenters. The molecule has 0 aromatic heterocycles. The largest absolute Gasteiger partial charge is 0.486 e. The predicted molar refractivity (Wildman–Crippen MR) is 75.2 cm³/mol. The minimum absolute atomic E-state index is 0.0151. The van der Waals surface area contributed by atoms with Crippen LogP contribution in [0.15, 0.2) is 24.3 Å². The van der Waals surface area contributed by atoms with Gasteiger partial charge in [-0.3, -0.25) is 10.1 Å². The lowest BCUT2D eigenvalue weighted by molar-refractivity contribution is -0.123. The van der Waals surface area contributed by atoms with Crippen LogP contribution in [0.2, 0.25) is 0 Å². The van der Waals surface area contributed by atoms with Crippen molar-refractivity contribution in [1.29, 1.82) is 0 Å². The number of benzene rings is 1. The number of amides is 1. The van der Waals surface area contributed by atoms with Gasteiger partial charge in [0, 0.05) is 12.1 Å². The van der Waals surface area contributed by atoms with Crippen molar-refractivity contribution < 1.29 is 9.53 Å². The number of nitrogens with one attached hydrogen (secondary N) is 2. The fourth-order valence-electron chi connectivity index (χ4n) is 2.47. The summed E-state index contributed by atoms with van der Waals surface area (Å²) in [5, 5.41) is 6.20. The molecule has 0 spiro atoms. The first-order chi connectivity index (χ1) is 8.95. The number of fused-ring (bicyclic) bond motifs is 1. The number of para-hydroxylation sites is 1. The molecule has 0 saturated heterocycles. The van der Waals surface area contributed by atoms with Gasteiger partial charge in [0.05, 0.1) is 12.1 Å². The van der Waals surface area contributed by atoms with E-state index in [4.69, 9.17) is 4.74 Å². The van der Waals surface area contributed by atoms with Crippen molar-refractivity contribution in [3.05, 3.63) is 29.8 Å². The average molecular weight is 262 g/mol. The van der Waals surface area contributed by atoms with E-state index in [1.165, 1.54) is 0 Å². The van der Waals surface area contributed by atoms with Crippen LogP contribution in [0, 0.1) is 0 Å². The van der Waals surface area contributed by atoms with Crippen molar-refractivity contribution >= 4 is 5.91 Å². The molecule has 19 heavy (non-hydrogen) atoms. The van der Waals surface area contributed by atoms with E-state index < -0.39 is 0 Å². The van der Waals surface area contributed by atoms with Crippen LogP contribution in [0.1, 0.15) is 39.3 Å². The second-order valence-corrected chi connectivity index (χ2v) is 5.46. The highest BCUT2D eigenvalue weighted by Crippen LogP contribution is 2.42. The summed E-state index contributed by atoms with van der Waals surface area (Å²) >= 11 is 0. The van der Waals surface area contributed by atoms with Crippen molar-refractivity contribution in [1.82, 2.24) is 10.6 Å². The minimum atomic E-state index is -0.357. The third kappa shape index (κ3) is 2.73. The molecule has 1 aromatic rings. The molecule has 1 amide bonds. The monoisotopic (exact) mass is 262 g/mol. The average Bonchev–Trinajstić information content (AvgIpc) is 2.61. The van der Waals surface area contributed by atoms with Gasteiger partial charge in [0.2, 0.25) is 5.91 Å². The third-order valence-corrected chi connectivity index (χ3v) is 3.46. The van der Waals surface area contributed by atoms with Gasteiger partial charge in [0.25, 0.3) is 0 Å². The molecule has 1 heterocycles. The number of likely N-dealkylation sites (N-methyl/N-ethyl adjacent to an activating group) is 1. The van der Waals surface area contributed by atoms with Crippen LogP contribution in [0.3, 0.4) is 0 Å². The van der Waals surface area contributed by atoms with Gasteiger partial charge < -0.3 is 10.1 Å². The van der Waals surface area contributed by atoms with Crippen LogP contribution in [0.5, 0.6) is 5.75 Å². The molecular weight excluding hydrogens is 240 g/mol. The fourth-order valence-corrected chi connectivity index (χ4v) is 2.47. The lowest BCUT2D eigenvalue weighted by atomic mass is 9.94. The Morgan fingerprint density at radius 2 is 2.11 bits per heavy atom. The molecule has 2 N–H and O–H groups in total. The van der Waals surface area contributed by atoms with Crippen molar-refractivity contribution in [2.24, 2.45) is 0 Å². The van der Waals surface area contributed by atoms with Crippen LogP contribution in [-0.4, -0.2) is 24.1 Å². The Labute approximate surface area is 114 Å². The summed E-state index contributed by atoms with van der Waals surface area (Å²) in [4.78, 5) is 11.8. The molecule has 4 nitrogen and oxygen atoms in total. The Balaban J connectivity index is 2.17. The van der Waals surface area contributed by atoms with Crippen LogP contribution in [0.4, 0.5) is 0 Å². The summed E-state index contributed by atoms with van der Waals surface area (Å²) in [7, 11) is 0. The first kappa shape index (κ1) is 13.9. The summed E-state index contributed by atoms with van der Waals surface area (Å²) in [6.07, 6.45) is 0. The second-order valence-electron chi connectivity index (χ2n) is 5.46. The van der Waals surface area contributed by atoms with Crippen LogP contribution >= 0.6 is 0 Å². The molecule has 1 aliphatic heterocycles. The summed E-state index contributed by atoms with van der Waals surface area (Å²) in [5.41, 5.74) is 0.758. The van der Waals surface area contributed by atoms with Crippen molar-refractivity contribution in [3.8, 4) is 5.75 Å². The number of hydrogen-bond donors (Lipinski definition) is 2. The molecule has 4 heteroatoms. The molecule has 1 aromatic carbocycles. The van der Waals surface area contributed by atoms with Gasteiger partial charge in [-0.2, -0.15) is 0 Å². The topological polar surface area (TPSA) is 50.4 Å². The molecular formula is C15H22N2O2. The van der Waals surface area contributed by atoms with E-state index in [1.54, 1.807) is 0 Å². The number of carbonyl (C=O) groups is 1. The maximum atomic E-state index is 11.8. The highest BCUT2D eigenvalue weighted by molar-refractivity contribution is 5.81. The molecule has 0 saturated carbocycles. The Bertz CT molecular complexity index is 471. The Morgan fingerprint density at radius 3 is 2.79 bits per heavy atom. The Kier molecular flexibility index (Phi) is 3.80. The minimum Gasteiger partial charge on any atom is -0.486 e. The summed E-state index contributed by atoms with van der Waals surface area (Å²) in [6.45, 7) is 8.51. The van der Waals surface area contributed by atoms with E-state index in [0.717, 1.165) is 11.3 Å². The Hall–Kier alpha value is -1.55. The molecule has 2 atom stereocenters. The Morgan fingerprint density at radius 1 is 1.42 bits per heavy atom. The zero-order valence-corrected chi connectivity index (χ0v) is 12.0. The van der Waals surface area contributed by atoms with Crippen molar-refractivity contribution in [2.45, 2.75) is 45.4 Å². The first-order valence-corrected chi connectivity index (χ1v) is 6.77.